The molecule has 0 N–H and O–H groups in total. The molecule has 21 heavy (non-hydrogen) atoms. The Morgan fingerprint density at radius 2 is 2.14 bits per heavy atom. The standard InChI is InChI=1S/C14H12ClNO4S/c1-8-6-10(9(2)21-8)13(17)7-20-14-11(15)4-3-5-12(14)16(18)19/h3-6H,7H2,1-2H3. The summed E-state index contributed by atoms with van der Waals surface area (Å²) in [6.45, 7) is 3.47. The molecule has 2 rings (SSSR count). The van der Waals surface area contributed by atoms with Crippen LogP contribution in [0.2, 0.25) is 5.02 Å². The molecule has 1 heterocycles. The topological polar surface area (TPSA) is 69.4 Å². The fourth-order valence-electron chi connectivity index (χ4n) is 1.91. The highest BCUT2D eigenvalue weighted by Crippen LogP contribution is 2.34. The smallest absolute Gasteiger partial charge is 0.312 e. The van der Waals surface area contributed by atoms with E-state index in [-0.39, 0.29) is 28.8 Å². The minimum absolute atomic E-state index is 0.0814. The van der Waals surface area contributed by atoms with Gasteiger partial charge in [-0.25, -0.2) is 0 Å². The third kappa shape index (κ3) is 3.40. The third-order valence-corrected chi connectivity index (χ3v) is 4.10. The van der Waals surface area contributed by atoms with Crippen molar-refractivity contribution in [3.63, 3.8) is 0 Å². The lowest BCUT2D eigenvalue weighted by molar-refractivity contribution is -0.385. The van der Waals surface area contributed by atoms with Crippen LogP contribution in [0.25, 0.3) is 0 Å². The van der Waals surface area contributed by atoms with E-state index >= 15 is 0 Å². The largest absolute Gasteiger partial charge is 0.477 e. The summed E-state index contributed by atoms with van der Waals surface area (Å²) in [5, 5.41) is 11.0. The number of carbonyl (C=O) groups excluding carboxylic acids is 1. The number of rotatable bonds is 5. The van der Waals surface area contributed by atoms with Crippen molar-refractivity contribution < 1.29 is 14.5 Å². The van der Waals surface area contributed by atoms with Gasteiger partial charge in [0.15, 0.2) is 6.61 Å². The van der Waals surface area contributed by atoms with Crippen LogP contribution in [-0.4, -0.2) is 17.3 Å². The van der Waals surface area contributed by atoms with Crippen molar-refractivity contribution in [1.29, 1.82) is 0 Å². The number of benzene rings is 1. The van der Waals surface area contributed by atoms with Crippen molar-refractivity contribution in [2.24, 2.45) is 0 Å². The van der Waals surface area contributed by atoms with Gasteiger partial charge in [-0.15, -0.1) is 11.3 Å². The average molecular weight is 326 g/mol. The number of hydrogen-bond donors (Lipinski definition) is 0. The highest BCUT2D eigenvalue weighted by molar-refractivity contribution is 7.12. The lowest BCUT2D eigenvalue weighted by Gasteiger charge is -2.07. The first-order valence-corrected chi connectivity index (χ1v) is 7.25. The number of hydrogen-bond acceptors (Lipinski definition) is 5. The number of ketones is 1. The second kappa shape index (κ2) is 6.24. The predicted molar refractivity (Wildman–Crippen MR) is 81.7 cm³/mol. The van der Waals surface area contributed by atoms with Gasteiger partial charge in [-0.2, -0.15) is 0 Å². The van der Waals surface area contributed by atoms with E-state index in [2.05, 4.69) is 0 Å². The molecule has 5 nitrogen and oxygen atoms in total. The van der Waals surface area contributed by atoms with Crippen LogP contribution in [-0.2, 0) is 0 Å². The van der Waals surface area contributed by atoms with E-state index in [9.17, 15) is 14.9 Å². The van der Waals surface area contributed by atoms with Crippen molar-refractivity contribution >= 4 is 34.4 Å². The zero-order valence-electron chi connectivity index (χ0n) is 11.4. The minimum atomic E-state index is -0.592. The minimum Gasteiger partial charge on any atom is -0.477 e. The molecule has 0 spiro atoms. The molecule has 2 aromatic rings. The number of para-hydroxylation sites is 1. The number of carbonyl (C=O) groups is 1. The van der Waals surface area contributed by atoms with Crippen LogP contribution in [0.15, 0.2) is 24.3 Å². The molecular formula is C14H12ClNO4S. The van der Waals surface area contributed by atoms with Gasteiger partial charge in [0, 0.05) is 21.4 Å². The van der Waals surface area contributed by atoms with E-state index < -0.39 is 4.92 Å². The molecule has 0 aliphatic carbocycles. The van der Waals surface area contributed by atoms with Crippen LogP contribution in [0.5, 0.6) is 5.75 Å². The van der Waals surface area contributed by atoms with Gasteiger partial charge < -0.3 is 4.74 Å². The number of halogens is 1. The van der Waals surface area contributed by atoms with Gasteiger partial charge in [0.05, 0.1) is 9.95 Å². The molecule has 0 unspecified atom stereocenters. The summed E-state index contributed by atoms with van der Waals surface area (Å²) in [5.41, 5.74) is 0.320. The average Bonchev–Trinajstić information content (AvgIpc) is 2.75. The highest BCUT2D eigenvalue weighted by atomic mass is 35.5. The van der Waals surface area contributed by atoms with Gasteiger partial charge in [-0.05, 0) is 26.0 Å². The summed E-state index contributed by atoms with van der Waals surface area (Å²) < 4.78 is 5.29. The number of nitro benzene ring substituents is 1. The van der Waals surface area contributed by atoms with E-state index in [0.29, 0.717) is 5.56 Å². The molecule has 0 atom stereocenters. The monoisotopic (exact) mass is 325 g/mol. The summed E-state index contributed by atoms with van der Waals surface area (Å²) in [6.07, 6.45) is 0. The van der Waals surface area contributed by atoms with Crippen molar-refractivity contribution in [3.8, 4) is 5.75 Å². The lowest BCUT2D eigenvalue weighted by atomic mass is 10.2. The first-order chi connectivity index (χ1) is 9.90. The zero-order chi connectivity index (χ0) is 15.6. The fourth-order valence-corrected chi connectivity index (χ4v) is 3.07. The van der Waals surface area contributed by atoms with Gasteiger partial charge in [0.1, 0.15) is 0 Å². The van der Waals surface area contributed by atoms with Gasteiger partial charge >= 0.3 is 5.69 Å². The molecule has 0 saturated carbocycles. The maximum Gasteiger partial charge on any atom is 0.312 e. The van der Waals surface area contributed by atoms with Crippen molar-refractivity contribution in [2.45, 2.75) is 13.8 Å². The molecule has 7 heteroatoms. The molecule has 0 fully saturated rings. The zero-order valence-corrected chi connectivity index (χ0v) is 13.0. The SMILES string of the molecule is Cc1cc(C(=O)COc2c(Cl)cccc2[N+](=O)[O-])c(C)s1. The van der Waals surface area contributed by atoms with Crippen LogP contribution in [0.1, 0.15) is 20.1 Å². The van der Waals surface area contributed by atoms with E-state index in [0.717, 1.165) is 9.75 Å². The van der Waals surface area contributed by atoms with Gasteiger partial charge in [0.2, 0.25) is 11.5 Å². The molecular weight excluding hydrogens is 314 g/mol. The van der Waals surface area contributed by atoms with Crippen molar-refractivity contribution in [2.75, 3.05) is 6.61 Å². The first-order valence-electron chi connectivity index (χ1n) is 6.06. The number of ether oxygens (including phenoxy) is 1. The Bertz CT molecular complexity index is 711. The number of nitro groups is 1. The molecule has 0 aliphatic rings. The summed E-state index contributed by atoms with van der Waals surface area (Å²) in [5.74, 6) is -0.312. The molecule has 0 radical (unpaired) electrons. The quantitative estimate of drug-likeness (QED) is 0.469. The Morgan fingerprint density at radius 3 is 2.71 bits per heavy atom. The maximum atomic E-state index is 12.1. The van der Waals surface area contributed by atoms with Gasteiger partial charge in [-0.3, -0.25) is 14.9 Å². The molecule has 0 saturated heterocycles. The number of Topliss-reactive ketones (excluding diaryl/α,β-unsaturated/α-hetero) is 1. The Kier molecular flexibility index (Phi) is 4.59. The number of aryl methyl sites for hydroxylation is 2. The summed E-state index contributed by atoms with van der Waals surface area (Å²) >= 11 is 7.42. The molecule has 1 aromatic heterocycles. The molecule has 0 bridgehead atoms. The van der Waals surface area contributed by atoms with Crippen LogP contribution >= 0.6 is 22.9 Å². The normalized spacial score (nSPS) is 10.4. The Hall–Kier alpha value is -1.92. The molecule has 1 aromatic carbocycles. The maximum absolute atomic E-state index is 12.1. The number of nitrogens with zero attached hydrogens (tertiary/aromatic N) is 1. The third-order valence-electron chi connectivity index (χ3n) is 2.83. The summed E-state index contributed by atoms with van der Waals surface area (Å²) in [7, 11) is 0. The van der Waals surface area contributed by atoms with Crippen LogP contribution < -0.4 is 4.74 Å². The molecule has 0 amide bonds. The van der Waals surface area contributed by atoms with Gasteiger partial charge in [0.25, 0.3) is 0 Å². The van der Waals surface area contributed by atoms with E-state index in [4.69, 9.17) is 16.3 Å². The fraction of sp³-hybridized carbons (Fsp3) is 0.214. The lowest BCUT2D eigenvalue weighted by Crippen LogP contribution is -2.12. The molecule has 110 valence electrons. The highest BCUT2D eigenvalue weighted by Gasteiger charge is 2.20. The Balaban J connectivity index is 2.19. The Labute approximate surface area is 130 Å². The summed E-state index contributed by atoms with van der Waals surface area (Å²) in [6, 6.07) is 6.01. The predicted octanol–water partition coefficient (Wildman–Crippen LogP) is 4.19. The van der Waals surface area contributed by atoms with E-state index in [1.165, 1.54) is 29.5 Å². The van der Waals surface area contributed by atoms with Crippen molar-refractivity contribution in [1.82, 2.24) is 0 Å². The Morgan fingerprint density at radius 1 is 1.43 bits per heavy atom. The van der Waals surface area contributed by atoms with Gasteiger partial charge in [-0.1, -0.05) is 17.7 Å². The second-order valence-electron chi connectivity index (χ2n) is 4.38. The first kappa shape index (κ1) is 15.5. The van der Waals surface area contributed by atoms with Crippen LogP contribution in [0, 0.1) is 24.0 Å². The number of thiophene rings is 1. The van der Waals surface area contributed by atoms with Crippen LogP contribution in [0.4, 0.5) is 5.69 Å². The van der Waals surface area contributed by atoms with Crippen LogP contribution in [0.3, 0.4) is 0 Å². The summed E-state index contributed by atoms with van der Waals surface area (Å²) in [4.78, 5) is 24.4. The van der Waals surface area contributed by atoms with Crippen molar-refractivity contribution in [3.05, 3.63) is 54.7 Å². The van der Waals surface area contributed by atoms with E-state index in [1.807, 2.05) is 13.8 Å². The van der Waals surface area contributed by atoms with E-state index in [1.54, 1.807) is 6.07 Å². The second-order valence-corrected chi connectivity index (χ2v) is 6.25. The molecule has 0 aliphatic heterocycles.